The van der Waals surface area contributed by atoms with E-state index in [1.165, 1.54) is 5.56 Å². The normalized spacial score (nSPS) is 10.1. The molecule has 0 amide bonds. The van der Waals surface area contributed by atoms with E-state index >= 15 is 0 Å². The van der Waals surface area contributed by atoms with E-state index in [1.807, 2.05) is 24.3 Å². The molecule has 1 heterocycles. The third-order valence-electron chi connectivity index (χ3n) is 3.76. The number of aromatic nitrogens is 1. The molecule has 0 radical (unpaired) electrons. The largest absolute Gasteiger partial charge is 0.298 e. The fourth-order valence-corrected chi connectivity index (χ4v) is 2.58. The molecule has 112 valence electrons. The van der Waals surface area contributed by atoms with Gasteiger partial charge in [-0.05, 0) is 36.6 Å². The Kier molecular flexibility index (Phi) is 4.81. The van der Waals surface area contributed by atoms with Gasteiger partial charge in [-0.25, -0.2) is 0 Å². The molecule has 2 aromatic carbocycles. The highest BCUT2D eigenvalue weighted by Gasteiger charge is 2.04. The van der Waals surface area contributed by atoms with E-state index in [4.69, 9.17) is 0 Å². The monoisotopic (exact) mass is 299 g/mol. The Balaban J connectivity index is 1.72. The molecule has 0 fully saturated rings. The predicted octanol–water partition coefficient (Wildman–Crippen LogP) is 4.42. The smallest absolute Gasteiger partial charge is 0.152 e. The van der Waals surface area contributed by atoms with Gasteiger partial charge in [-0.3, -0.25) is 9.78 Å². The van der Waals surface area contributed by atoms with Crippen LogP contribution in [0.15, 0.2) is 60.8 Å². The quantitative estimate of drug-likeness (QED) is 0.405. The van der Waals surface area contributed by atoms with Crippen LogP contribution in [0.25, 0.3) is 10.9 Å². The van der Waals surface area contributed by atoms with Crippen molar-refractivity contribution in [3.05, 3.63) is 77.5 Å². The molecule has 0 bridgehead atoms. The van der Waals surface area contributed by atoms with Crippen LogP contribution in [0.2, 0.25) is 0 Å². The molecule has 23 heavy (non-hydrogen) atoms. The van der Waals surface area contributed by atoms with Crippen LogP contribution in [0.5, 0.6) is 0 Å². The number of aryl methyl sites for hydroxylation is 1. The standard InChI is InChI=1S/C21H17NO/c23-16-19-14-13-18(20-12-7-15-22-21(19)20)11-6-2-5-10-17-8-3-1-4-9-17/h1,3-4,7-9,12-16H,2,5,10H2. The van der Waals surface area contributed by atoms with Gasteiger partial charge in [-0.1, -0.05) is 48.2 Å². The van der Waals surface area contributed by atoms with Crippen molar-refractivity contribution in [1.82, 2.24) is 4.98 Å². The molecule has 0 saturated carbocycles. The van der Waals surface area contributed by atoms with Crippen LogP contribution < -0.4 is 0 Å². The first-order valence-electron chi connectivity index (χ1n) is 7.74. The first kappa shape index (κ1) is 15.0. The summed E-state index contributed by atoms with van der Waals surface area (Å²) in [6, 6.07) is 18.0. The molecule has 2 heteroatoms. The second kappa shape index (κ2) is 7.38. The van der Waals surface area contributed by atoms with Crippen LogP contribution in [0.3, 0.4) is 0 Å². The highest BCUT2D eigenvalue weighted by atomic mass is 16.1. The maximum absolute atomic E-state index is 11.1. The lowest BCUT2D eigenvalue weighted by molar-refractivity contribution is 0.112. The van der Waals surface area contributed by atoms with E-state index in [-0.39, 0.29) is 0 Å². The number of rotatable bonds is 4. The lowest BCUT2D eigenvalue weighted by Gasteiger charge is -2.02. The van der Waals surface area contributed by atoms with Gasteiger partial charge < -0.3 is 0 Å². The minimum Gasteiger partial charge on any atom is -0.298 e. The molecule has 0 saturated heterocycles. The third kappa shape index (κ3) is 3.64. The van der Waals surface area contributed by atoms with Crippen LogP contribution in [0.4, 0.5) is 0 Å². The molecule has 2 nitrogen and oxygen atoms in total. The van der Waals surface area contributed by atoms with Crippen molar-refractivity contribution in [1.29, 1.82) is 0 Å². The van der Waals surface area contributed by atoms with Crippen LogP contribution in [0.1, 0.15) is 34.3 Å². The molecule has 0 atom stereocenters. The molecule has 3 rings (SSSR count). The number of carbonyl (C=O) groups is 1. The summed E-state index contributed by atoms with van der Waals surface area (Å²) in [6.45, 7) is 0. The molecule has 1 aromatic heterocycles. The molecular weight excluding hydrogens is 282 g/mol. The summed E-state index contributed by atoms with van der Waals surface area (Å²) < 4.78 is 0. The number of aldehydes is 1. The number of pyridine rings is 1. The summed E-state index contributed by atoms with van der Waals surface area (Å²) in [6.07, 6.45) is 5.48. The molecule has 3 aromatic rings. The SMILES string of the molecule is O=Cc1ccc(C#CCCCc2ccccc2)c2cccnc12. The highest BCUT2D eigenvalue weighted by molar-refractivity contribution is 5.98. The lowest BCUT2D eigenvalue weighted by atomic mass is 10.0. The second-order valence-electron chi connectivity index (χ2n) is 5.36. The van der Waals surface area contributed by atoms with Crippen molar-refractivity contribution in [3.63, 3.8) is 0 Å². The number of unbranched alkanes of at least 4 members (excludes halogenated alkanes) is 1. The minimum absolute atomic E-state index is 0.607. The van der Waals surface area contributed by atoms with Crippen molar-refractivity contribution in [2.75, 3.05) is 0 Å². The molecule has 0 aliphatic rings. The first-order valence-corrected chi connectivity index (χ1v) is 7.74. The Morgan fingerprint density at radius 3 is 2.70 bits per heavy atom. The fourth-order valence-electron chi connectivity index (χ4n) is 2.58. The number of carbonyl (C=O) groups excluding carboxylic acids is 1. The van der Waals surface area contributed by atoms with Crippen LogP contribution >= 0.6 is 0 Å². The Morgan fingerprint density at radius 1 is 1.00 bits per heavy atom. The summed E-state index contributed by atoms with van der Waals surface area (Å²) >= 11 is 0. The van der Waals surface area contributed by atoms with Gasteiger partial charge in [0.25, 0.3) is 0 Å². The molecule has 0 aliphatic heterocycles. The van der Waals surface area contributed by atoms with Crippen molar-refractivity contribution in [2.24, 2.45) is 0 Å². The van der Waals surface area contributed by atoms with Crippen molar-refractivity contribution in [3.8, 4) is 11.8 Å². The minimum atomic E-state index is 0.607. The third-order valence-corrected chi connectivity index (χ3v) is 3.76. The van der Waals surface area contributed by atoms with E-state index < -0.39 is 0 Å². The molecule has 0 unspecified atom stereocenters. The summed E-state index contributed by atoms with van der Waals surface area (Å²) in [4.78, 5) is 15.4. The Bertz CT molecular complexity index is 872. The first-order chi connectivity index (χ1) is 11.4. The van der Waals surface area contributed by atoms with Gasteiger partial charge >= 0.3 is 0 Å². The molecular formula is C21H17NO. The van der Waals surface area contributed by atoms with Crippen molar-refractivity contribution < 1.29 is 4.79 Å². The maximum atomic E-state index is 11.1. The van der Waals surface area contributed by atoms with Gasteiger partial charge in [0, 0.05) is 29.1 Å². The summed E-state index contributed by atoms with van der Waals surface area (Å²) in [5.41, 5.74) is 3.60. The molecule has 0 N–H and O–H groups in total. The van der Waals surface area contributed by atoms with Gasteiger partial charge in [0.2, 0.25) is 0 Å². The van der Waals surface area contributed by atoms with E-state index in [9.17, 15) is 4.79 Å². The average molecular weight is 299 g/mol. The van der Waals surface area contributed by atoms with E-state index in [0.717, 1.165) is 42.0 Å². The van der Waals surface area contributed by atoms with Gasteiger partial charge in [-0.15, -0.1) is 0 Å². The second-order valence-corrected chi connectivity index (χ2v) is 5.36. The molecule has 0 spiro atoms. The van der Waals surface area contributed by atoms with Gasteiger partial charge in [-0.2, -0.15) is 0 Å². The summed E-state index contributed by atoms with van der Waals surface area (Å²) in [5, 5.41) is 0.938. The van der Waals surface area contributed by atoms with Gasteiger partial charge in [0.15, 0.2) is 6.29 Å². The summed E-state index contributed by atoms with van der Waals surface area (Å²) in [7, 11) is 0. The summed E-state index contributed by atoms with van der Waals surface area (Å²) in [5.74, 6) is 6.45. The van der Waals surface area contributed by atoms with Crippen LogP contribution in [-0.4, -0.2) is 11.3 Å². The lowest BCUT2D eigenvalue weighted by Crippen LogP contribution is -1.89. The Labute approximate surface area is 136 Å². The zero-order valence-corrected chi connectivity index (χ0v) is 12.8. The van der Waals surface area contributed by atoms with Gasteiger partial charge in [0.05, 0.1) is 5.52 Å². The average Bonchev–Trinajstić information content (AvgIpc) is 2.62. The molecule has 0 aliphatic carbocycles. The number of hydrogen-bond donors (Lipinski definition) is 0. The number of benzene rings is 2. The van der Waals surface area contributed by atoms with E-state index in [0.29, 0.717) is 5.56 Å². The van der Waals surface area contributed by atoms with E-state index in [1.54, 1.807) is 12.3 Å². The number of fused-ring (bicyclic) bond motifs is 1. The van der Waals surface area contributed by atoms with Crippen molar-refractivity contribution in [2.45, 2.75) is 19.3 Å². The maximum Gasteiger partial charge on any atom is 0.152 e. The van der Waals surface area contributed by atoms with Crippen LogP contribution in [0, 0.1) is 11.8 Å². The zero-order chi connectivity index (χ0) is 15.9. The number of hydrogen-bond acceptors (Lipinski definition) is 2. The van der Waals surface area contributed by atoms with Gasteiger partial charge in [0.1, 0.15) is 0 Å². The Hall–Kier alpha value is -2.92. The topological polar surface area (TPSA) is 30.0 Å². The highest BCUT2D eigenvalue weighted by Crippen LogP contribution is 2.19. The Morgan fingerprint density at radius 2 is 1.87 bits per heavy atom. The van der Waals surface area contributed by atoms with Crippen molar-refractivity contribution >= 4 is 17.2 Å². The predicted molar refractivity (Wildman–Crippen MR) is 93.4 cm³/mol. The van der Waals surface area contributed by atoms with E-state index in [2.05, 4.69) is 41.1 Å². The number of nitrogens with zero attached hydrogens (tertiary/aromatic N) is 1. The van der Waals surface area contributed by atoms with Crippen LogP contribution in [-0.2, 0) is 6.42 Å². The zero-order valence-electron chi connectivity index (χ0n) is 12.8. The fraction of sp³-hybridized carbons (Fsp3) is 0.143.